The quantitative estimate of drug-likeness (QED) is 0.705. The number of carboxylic acid groups (broad SMARTS) is 1. The molecule has 0 spiro atoms. The molecule has 0 radical (unpaired) electrons. The van der Waals surface area contributed by atoms with Crippen molar-refractivity contribution in [3.05, 3.63) is 35.9 Å². The first-order valence-corrected chi connectivity index (χ1v) is 7.36. The fourth-order valence-corrected chi connectivity index (χ4v) is 2.40. The minimum absolute atomic E-state index is 0.0127. The molecule has 1 heterocycles. The van der Waals surface area contributed by atoms with Gasteiger partial charge in [-0.15, -0.1) is 0 Å². The van der Waals surface area contributed by atoms with Gasteiger partial charge in [-0.1, -0.05) is 30.3 Å². The van der Waals surface area contributed by atoms with E-state index in [1.165, 1.54) is 0 Å². The molecule has 7 heteroatoms. The largest absolute Gasteiger partial charge is 0.480 e. The Labute approximate surface area is 133 Å². The molecule has 1 aliphatic heterocycles. The van der Waals surface area contributed by atoms with Crippen LogP contribution >= 0.6 is 0 Å². The maximum atomic E-state index is 11.9. The van der Waals surface area contributed by atoms with Gasteiger partial charge in [0.25, 0.3) is 0 Å². The van der Waals surface area contributed by atoms with E-state index in [1.807, 2.05) is 6.07 Å². The van der Waals surface area contributed by atoms with Crippen LogP contribution in [0, 0.1) is 0 Å². The molecule has 1 atom stereocenters. The van der Waals surface area contributed by atoms with Crippen LogP contribution in [0.3, 0.4) is 0 Å². The Morgan fingerprint density at radius 3 is 2.30 bits per heavy atom. The predicted octanol–water partition coefficient (Wildman–Crippen LogP) is 0.338. The molecular weight excluding hydrogens is 300 g/mol. The second-order valence-corrected chi connectivity index (χ2v) is 5.34. The number of nitrogens with one attached hydrogen (secondary N) is 1. The van der Waals surface area contributed by atoms with Crippen molar-refractivity contribution in [3.8, 4) is 0 Å². The van der Waals surface area contributed by atoms with Gasteiger partial charge in [-0.3, -0.25) is 19.3 Å². The van der Waals surface area contributed by atoms with Crippen molar-refractivity contribution in [3.63, 3.8) is 0 Å². The van der Waals surface area contributed by atoms with Crippen molar-refractivity contribution in [2.75, 3.05) is 6.54 Å². The van der Waals surface area contributed by atoms with E-state index in [0.717, 1.165) is 10.5 Å². The lowest BCUT2D eigenvalue weighted by atomic mass is 10.1. The Balaban J connectivity index is 1.87. The zero-order valence-electron chi connectivity index (χ0n) is 12.5. The fourth-order valence-electron chi connectivity index (χ4n) is 2.40. The van der Waals surface area contributed by atoms with Crippen LogP contribution in [0.1, 0.15) is 24.8 Å². The van der Waals surface area contributed by atoms with Gasteiger partial charge in [0.1, 0.15) is 6.04 Å². The zero-order valence-corrected chi connectivity index (χ0v) is 12.5. The number of carbonyl (C=O) groups excluding carboxylic acids is 3. The van der Waals surface area contributed by atoms with Crippen LogP contribution < -0.4 is 5.32 Å². The minimum Gasteiger partial charge on any atom is -0.480 e. The number of carboxylic acids is 1. The average molecular weight is 318 g/mol. The number of benzene rings is 1. The average Bonchev–Trinajstić information content (AvgIpc) is 2.84. The number of amides is 3. The maximum Gasteiger partial charge on any atom is 0.326 e. The van der Waals surface area contributed by atoms with Gasteiger partial charge < -0.3 is 10.4 Å². The van der Waals surface area contributed by atoms with Gasteiger partial charge in [0.05, 0.1) is 0 Å². The van der Waals surface area contributed by atoms with E-state index in [-0.39, 0.29) is 44.0 Å². The second kappa shape index (κ2) is 7.53. The Morgan fingerprint density at radius 2 is 1.74 bits per heavy atom. The summed E-state index contributed by atoms with van der Waals surface area (Å²) in [7, 11) is 0. The number of carbonyl (C=O) groups is 4. The van der Waals surface area contributed by atoms with Gasteiger partial charge in [0.15, 0.2) is 0 Å². The molecule has 2 N–H and O–H groups in total. The summed E-state index contributed by atoms with van der Waals surface area (Å²) in [6, 6.07) is 7.92. The highest BCUT2D eigenvalue weighted by Crippen LogP contribution is 2.12. The zero-order chi connectivity index (χ0) is 16.8. The molecule has 1 aliphatic rings. The summed E-state index contributed by atoms with van der Waals surface area (Å²) in [6.07, 6.45) is 0.415. The van der Waals surface area contributed by atoms with Gasteiger partial charge in [-0.2, -0.15) is 0 Å². The van der Waals surface area contributed by atoms with Crippen molar-refractivity contribution < 1.29 is 24.3 Å². The first-order valence-electron chi connectivity index (χ1n) is 7.36. The van der Waals surface area contributed by atoms with E-state index < -0.39 is 17.9 Å². The number of aliphatic carboxylic acids is 1. The molecule has 1 saturated heterocycles. The monoisotopic (exact) mass is 318 g/mol. The number of hydrogen-bond donors (Lipinski definition) is 2. The molecule has 0 aromatic heterocycles. The molecular formula is C16H18N2O5. The molecule has 3 amide bonds. The van der Waals surface area contributed by atoms with Crippen LogP contribution in [-0.4, -0.2) is 46.3 Å². The standard InChI is InChI=1S/C16H18N2O5/c19-13(8-9-18-14(20)6-7-15(18)21)17-12(16(22)23)10-11-4-2-1-3-5-11/h1-5,12H,6-10H2,(H,17,19)(H,22,23)/t12-/m1/s1. The number of likely N-dealkylation sites (tertiary alicyclic amines) is 1. The van der Waals surface area contributed by atoms with Crippen molar-refractivity contribution in [2.45, 2.75) is 31.7 Å². The lowest BCUT2D eigenvalue weighted by molar-refractivity contribution is -0.143. The van der Waals surface area contributed by atoms with Crippen molar-refractivity contribution in [1.29, 1.82) is 0 Å². The topological polar surface area (TPSA) is 104 Å². The number of imide groups is 1. The van der Waals surface area contributed by atoms with E-state index in [0.29, 0.717) is 0 Å². The molecule has 0 bridgehead atoms. The third-order valence-electron chi connectivity index (χ3n) is 3.63. The number of hydrogen-bond acceptors (Lipinski definition) is 4. The molecule has 122 valence electrons. The first kappa shape index (κ1) is 16.7. The van der Waals surface area contributed by atoms with Crippen LogP contribution in [0.25, 0.3) is 0 Å². The van der Waals surface area contributed by atoms with Gasteiger partial charge in [-0.05, 0) is 5.56 Å². The highest BCUT2D eigenvalue weighted by atomic mass is 16.4. The van der Waals surface area contributed by atoms with Gasteiger partial charge >= 0.3 is 5.97 Å². The third-order valence-corrected chi connectivity index (χ3v) is 3.63. The molecule has 23 heavy (non-hydrogen) atoms. The lowest BCUT2D eigenvalue weighted by Gasteiger charge is -2.17. The van der Waals surface area contributed by atoms with Crippen molar-refractivity contribution in [2.24, 2.45) is 0 Å². The van der Waals surface area contributed by atoms with E-state index in [1.54, 1.807) is 24.3 Å². The van der Waals surface area contributed by atoms with Crippen LogP contribution in [0.15, 0.2) is 30.3 Å². The fraction of sp³-hybridized carbons (Fsp3) is 0.375. The van der Waals surface area contributed by atoms with Gasteiger partial charge in [-0.25, -0.2) is 4.79 Å². The van der Waals surface area contributed by atoms with Gasteiger partial charge in [0, 0.05) is 32.2 Å². The van der Waals surface area contributed by atoms with E-state index in [4.69, 9.17) is 0 Å². The lowest BCUT2D eigenvalue weighted by Crippen LogP contribution is -2.43. The van der Waals surface area contributed by atoms with Crippen LogP contribution in [0.2, 0.25) is 0 Å². The van der Waals surface area contributed by atoms with E-state index in [2.05, 4.69) is 5.32 Å². The van der Waals surface area contributed by atoms with E-state index >= 15 is 0 Å². The van der Waals surface area contributed by atoms with E-state index in [9.17, 15) is 24.3 Å². The Bertz CT molecular complexity index is 598. The molecule has 7 nitrogen and oxygen atoms in total. The summed E-state index contributed by atoms with van der Waals surface area (Å²) in [5.41, 5.74) is 0.796. The molecule has 0 saturated carbocycles. The molecule has 1 aromatic rings. The minimum atomic E-state index is -1.13. The van der Waals surface area contributed by atoms with Gasteiger partial charge in [0.2, 0.25) is 17.7 Å². The summed E-state index contributed by atoms with van der Waals surface area (Å²) in [6.45, 7) is -0.0127. The Kier molecular flexibility index (Phi) is 5.46. The van der Waals surface area contributed by atoms with Crippen LogP contribution in [-0.2, 0) is 25.6 Å². The van der Waals surface area contributed by atoms with Crippen LogP contribution in [0.5, 0.6) is 0 Å². The Hall–Kier alpha value is -2.70. The molecule has 1 aromatic carbocycles. The van der Waals surface area contributed by atoms with Crippen molar-refractivity contribution in [1.82, 2.24) is 10.2 Å². The highest BCUT2D eigenvalue weighted by Gasteiger charge is 2.29. The first-order chi connectivity index (χ1) is 11.0. The third kappa shape index (κ3) is 4.64. The normalized spacial score (nSPS) is 15.6. The SMILES string of the molecule is O=C(CCN1C(=O)CCC1=O)N[C@H](Cc1ccccc1)C(=O)O. The predicted molar refractivity (Wildman–Crippen MR) is 80.3 cm³/mol. The Morgan fingerprint density at radius 1 is 1.13 bits per heavy atom. The number of rotatable bonds is 7. The smallest absolute Gasteiger partial charge is 0.326 e. The van der Waals surface area contributed by atoms with Crippen molar-refractivity contribution >= 4 is 23.7 Å². The molecule has 1 fully saturated rings. The summed E-state index contributed by atoms with van der Waals surface area (Å²) in [5.74, 6) is -2.21. The number of nitrogens with zero attached hydrogens (tertiary/aromatic N) is 1. The van der Waals surface area contributed by atoms with Crippen LogP contribution in [0.4, 0.5) is 0 Å². The summed E-state index contributed by atoms with van der Waals surface area (Å²) >= 11 is 0. The summed E-state index contributed by atoms with van der Waals surface area (Å²) < 4.78 is 0. The summed E-state index contributed by atoms with van der Waals surface area (Å²) in [4.78, 5) is 47.1. The summed E-state index contributed by atoms with van der Waals surface area (Å²) in [5, 5.41) is 11.6. The molecule has 0 aliphatic carbocycles. The highest BCUT2D eigenvalue weighted by molar-refractivity contribution is 6.02. The maximum absolute atomic E-state index is 11.9. The second-order valence-electron chi connectivity index (χ2n) is 5.34. The molecule has 0 unspecified atom stereocenters. The molecule has 2 rings (SSSR count).